The minimum absolute atomic E-state index is 0.0760. The highest BCUT2D eigenvalue weighted by atomic mass is 32.2. The Morgan fingerprint density at radius 2 is 1.95 bits per heavy atom. The zero-order valence-electron chi connectivity index (χ0n) is 12.3. The van der Waals surface area contributed by atoms with Gasteiger partial charge in [-0.1, -0.05) is 6.07 Å². The SMILES string of the molecule is COCC(C)(C)NS(=O)(=O)c1cc(CN)ccc1OC. The monoisotopic (exact) mass is 302 g/mol. The second-order valence-corrected chi connectivity index (χ2v) is 6.76. The lowest BCUT2D eigenvalue weighted by atomic mass is 10.1. The molecule has 0 saturated heterocycles. The van der Waals surface area contributed by atoms with Gasteiger partial charge in [-0.2, -0.15) is 0 Å². The predicted molar refractivity (Wildman–Crippen MR) is 77.2 cm³/mol. The van der Waals surface area contributed by atoms with Crippen molar-refractivity contribution in [2.45, 2.75) is 30.8 Å². The van der Waals surface area contributed by atoms with Gasteiger partial charge < -0.3 is 15.2 Å². The molecule has 0 saturated carbocycles. The van der Waals surface area contributed by atoms with Crippen LogP contribution in [0, 0.1) is 0 Å². The van der Waals surface area contributed by atoms with Gasteiger partial charge in [0.15, 0.2) is 0 Å². The van der Waals surface area contributed by atoms with Gasteiger partial charge in [0.1, 0.15) is 10.6 Å². The van der Waals surface area contributed by atoms with Gasteiger partial charge in [-0.3, -0.25) is 0 Å². The highest BCUT2D eigenvalue weighted by Crippen LogP contribution is 2.26. The number of sulfonamides is 1. The second-order valence-electron chi connectivity index (χ2n) is 5.11. The first-order valence-corrected chi connectivity index (χ1v) is 7.64. The van der Waals surface area contributed by atoms with E-state index in [1.165, 1.54) is 20.3 Å². The maximum Gasteiger partial charge on any atom is 0.244 e. The van der Waals surface area contributed by atoms with Crippen LogP contribution in [0.4, 0.5) is 0 Å². The molecule has 6 nitrogen and oxygen atoms in total. The zero-order valence-corrected chi connectivity index (χ0v) is 13.1. The van der Waals surface area contributed by atoms with Crippen molar-refractivity contribution in [2.24, 2.45) is 5.73 Å². The number of nitrogens with one attached hydrogen (secondary N) is 1. The lowest BCUT2D eigenvalue weighted by Gasteiger charge is -2.25. The maximum atomic E-state index is 12.5. The van der Waals surface area contributed by atoms with Crippen LogP contribution in [0.25, 0.3) is 0 Å². The first-order valence-electron chi connectivity index (χ1n) is 6.15. The Balaban J connectivity index is 3.20. The van der Waals surface area contributed by atoms with E-state index >= 15 is 0 Å². The molecule has 1 aromatic rings. The molecule has 0 radical (unpaired) electrons. The van der Waals surface area contributed by atoms with E-state index < -0.39 is 15.6 Å². The average Bonchev–Trinajstić information content (AvgIpc) is 2.36. The summed E-state index contributed by atoms with van der Waals surface area (Å²) in [6.07, 6.45) is 0. The molecule has 0 spiro atoms. The molecular formula is C13H22N2O4S. The summed E-state index contributed by atoms with van der Waals surface area (Å²) in [6, 6.07) is 4.85. The van der Waals surface area contributed by atoms with E-state index in [0.717, 1.165) is 5.56 Å². The molecule has 0 bridgehead atoms. The number of hydrogen-bond acceptors (Lipinski definition) is 5. The van der Waals surface area contributed by atoms with E-state index in [4.69, 9.17) is 15.2 Å². The Labute approximate surface area is 120 Å². The van der Waals surface area contributed by atoms with Crippen LogP contribution >= 0.6 is 0 Å². The summed E-state index contributed by atoms with van der Waals surface area (Å²) in [7, 11) is -0.779. The summed E-state index contributed by atoms with van der Waals surface area (Å²) in [4.78, 5) is 0.0760. The van der Waals surface area contributed by atoms with Crippen LogP contribution in [0.1, 0.15) is 19.4 Å². The Morgan fingerprint density at radius 1 is 1.30 bits per heavy atom. The number of hydrogen-bond donors (Lipinski definition) is 2. The summed E-state index contributed by atoms with van der Waals surface area (Å²) >= 11 is 0. The van der Waals surface area contributed by atoms with Gasteiger partial charge in [-0.25, -0.2) is 13.1 Å². The minimum atomic E-state index is -3.73. The van der Waals surface area contributed by atoms with E-state index in [-0.39, 0.29) is 23.8 Å². The lowest BCUT2D eigenvalue weighted by Crippen LogP contribution is -2.46. The Kier molecular flexibility index (Phi) is 5.52. The van der Waals surface area contributed by atoms with E-state index in [0.29, 0.717) is 0 Å². The van der Waals surface area contributed by atoms with Crippen molar-refractivity contribution < 1.29 is 17.9 Å². The van der Waals surface area contributed by atoms with Crippen LogP contribution in [0.15, 0.2) is 23.1 Å². The van der Waals surface area contributed by atoms with Crippen molar-refractivity contribution in [3.05, 3.63) is 23.8 Å². The lowest BCUT2D eigenvalue weighted by molar-refractivity contribution is 0.141. The number of methoxy groups -OCH3 is 2. The smallest absolute Gasteiger partial charge is 0.244 e. The topological polar surface area (TPSA) is 90.7 Å². The highest BCUT2D eigenvalue weighted by molar-refractivity contribution is 7.89. The summed E-state index contributed by atoms with van der Waals surface area (Å²) in [5.74, 6) is 0.280. The average molecular weight is 302 g/mol. The van der Waals surface area contributed by atoms with Crippen molar-refractivity contribution in [1.29, 1.82) is 0 Å². The third kappa shape index (κ3) is 4.17. The molecule has 0 aromatic heterocycles. The molecule has 0 aliphatic rings. The molecule has 0 heterocycles. The summed E-state index contributed by atoms with van der Waals surface area (Å²) in [5.41, 5.74) is 5.55. The number of nitrogens with two attached hydrogens (primary N) is 1. The van der Waals surface area contributed by atoms with Gasteiger partial charge in [-0.15, -0.1) is 0 Å². The largest absolute Gasteiger partial charge is 0.495 e. The molecule has 0 aliphatic heterocycles. The van der Waals surface area contributed by atoms with Gasteiger partial charge in [-0.05, 0) is 31.5 Å². The summed E-state index contributed by atoms with van der Waals surface area (Å²) < 4.78 is 37.7. The molecule has 0 atom stereocenters. The Bertz CT molecular complexity index is 555. The van der Waals surface area contributed by atoms with E-state index in [2.05, 4.69) is 4.72 Å². The van der Waals surface area contributed by atoms with Gasteiger partial charge in [0.05, 0.1) is 19.3 Å². The zero-order chi connectivity index (χ0) is 15.4. The van der Waals surface area contributed by atoms with Crippen LogP contribution in [0.2, 0.25) is 0 Å². The Hall–Kier alpha value is -1.15. The fourth-order valence-electron chi connectivity index (χ4n) is 1.87. The van der Waals surface area contributed by atoms with E-state index in [1.807, 2.05) is 0 Å². The molecule has 0 unspecified atom stereocenters. The van der Waals surface area contributed by atoms with E-state index in [1.54, 1.807) is 26.0 Å². The van der Waals surface area contributed by atoms with Crippen LogP contribution < -0.4 is 15.2 Å². The maximum absolute atomic E-state index is 12.5. The van der Waals surface area contributed by atoms with Gasteiger partial charge in [0, 0.05) is 13.7 Å². The van der Waals surface area contributed by atoms with Gasteiger partial charge in [0.25, 0.3) is 0 Å². The standard InChI is InChI=1S/C13H22N2O4S/c1-13(2,9-18-3)15-20(16,17)12-7-10(8-14)5-6-11(12)19-4/h5-7,15H,8-9,14H2,1-4H3. The fraction of sp³-hybridized carbons (Fsp3) is 0.538. The van der Waals surface area contributed by atoms with Gasteiger partial charge in [0.2, 0.25) is 10.0 Å². The molecular weight excluding hydrogens is 280 g/mol. The third-order valence-corrected chi connectivity index (χ3v) is 4.39. The molecule has 0 amide bonds. The normalized spacial score (nSPS) is 12.4. The van der Waals surface area contributed by atoms with Crippen LogP contribution in [0.5, 0.6) is 5.75 Å². The molecule has 3 N–H and O–H groups in total. The molecule has 1 rings (SSSR count). The van der Waals surface area contributed by atoms with Crippen molar-refractivity contribution in [3.8, 4) is 5.75 Å². The fourth-order valence-corrected chi connectivity index (χ4v) is 3.49. The number of benzene rings is 1. The molecule has 0 aliphatic carbocycles. The van der Waals surface area contributed by atoms with Crippen molar-refractivity contribution in [3.63, 3.8) is 0 Å². The van der Waals surface area contributed by atoms with Gasteiger partial charge >= 0.3 is 0 Å². The quantitative estimate of drug-likeness (QED) is 0.779. The molecule has 0 fully saturated rings. The minimum Gasteiger partial charge on any atom is -0.495 e. The predicted octanol–water partition coefficient (Wildman–Crippen LogP) is 0.857. The Morgan fingerprint density at radius 3 is 2.45 bits per heavy atom. The first-order chi connectivity index (χ1) is 9.25. The van der Waals surface area contributed by atoms with E-state index in [9.17, 15) is 8.42 Å². The highest BCUT2D eigenvalue weighted by Gasteiger charge is 2.28. The molecule has 114 valence electrons. The number of ether oxygens (including phenoxy) is 2. The van der Waals surface area contributed by atoms with Crippen molar-refractivity contribution in [2.75, 3.05) is 20.8 Å². The molecule has 20 heavy (non-hydrogen) atoms. The van der Waals surface area contributed by atoms with Crippen molar-refractivity contribution >= 4 is 10.0 Å². The van der Waals surface area contributed by atoms with Crippen molar-refractivity contribution in [1.82, 2.24) is 4.72 Å². The molecule has 1 aromatic carbocycles. The third-order valence-electron chi connectivity index (χ3n) is 2.67. The summed E-state index contributed by atoms with van der Waals surface area (Å²) in [5, 5.41) is 0. The number of rotatable bonds is 7. The summed E-state index contributed by atoms with van der Waals surface area (Å²) in [6.45, 7) is 4.00. The molecule has 7 heteroatoms. The van der Waals surface area contributed by atoms with Crippen LogP contribution in [-0.2, 0) is 21.3 Å². The van der Waals surface area contributed by atoms with Crippen LogP contribution in [-0.4, -0.2) is 34.8 Å². The van der Waals surface area contributed by atoms with Crippen LogP contribution in [0.3, 0.4) is 0 Å². The second kappa shape index (κ2) is 6.53. The first kappa shape index (κ1) is 16.9.